The molecule has 1 saturated heterocycles. The van der Waals surface area contributed by atoms with Crippen molar-refractivity contribution in [1.29, 1.82) is 0 Å². The number of piperidine rings is 1. The van der Waals surface area contributed by atoms with Gasteiger partial charge in [-0.05, 0) is 74.2 Å². The topological polar surface area (TPSA) is 58.6 Å². The fraction of sp³-hybridized carbons (Fsp3) is 0.364. The Kier molecular flexibility index (Phi) is 6.73. The van der Waals surface area contributed by atoms with Crippen molar-refractivity contribution in [2.75, 3.05) is 19.7 Å². The van der Waals surface area contributed by atoms with Crippen LogP contribution in [0.3, 0.4) is 0 Å². The molecule has 1 fully saturated rings. The summed E-state index contributed by atoms with van der Waals surface area (Å²) < 4.78 is 6.59. The van der Waals surface area contributed by atoms with Crippen LogP contribution >= 0.6 is 15.9 Å². The molecule has 0 spiro atoms. The number of benzene rings is 2. The van der Waals surface area contributed by atoms with E-state index in [0.29, 0.717) is 24.4 Å². The summed E-state index contributed by atoms with van der Waals surface area (Å²) in [6, 6.07) is 13.2. The summed E-state index contributed by atoms with van der Waals surface area (Å²) in [5.74, 6) is 0.624. The zero-order valence-corrected chi connectivity index (χ0v) is 17.8. The lowest BCUT2D eigenvalue weighted by atomic mass is 10.0. The minimum Gasteiger partial charge on any atom is -0.484 e. The Bertz CT molecular complexity index is 843. The molecule has 0 aromatic heterocycles. The second-order valence-electron chi connectivity index (χ2n) is 7.17. The third-order valence-electron chi connectivity index (χ3n) is 5.13. The first kappa shape index (κ1) is 20.4. The van der Waals surface area contributed by atoms with E-state index in [-0.39, 0.29) is 24.5 Å². The molecule has 1 heterocycles. The van der Waals surface area contributed by atoms with Gasteiger partial charge in [-0.3, -0.25) is 9.59 Å². The fourth-order valence-corrected chi connectivity index (χ4v) is 3.45. The molecule has 2 aromatic carbocycles. The third-order valence-corrected chi connectivity index (χ3v) is 5.66. The number of nitrogens with zero attached hydrogens (tertiary/aromatic N) is 1. The number of amides is 2. The van der Waals surface area contributed by atoms with Gasteiger partial charge < -0.3 is 15.0 Å². The molecule has 6 heteroatoms. The van der Waals surface area contributed by atoms with Gasteiger partial charge in [0.05, 0.1) is 0 Å². The largest absolute Gasteiger partial charge is 0.484 e. The SMILES string of the molecule is Cc1ccc(OCC(=O)N2CCC(NC(=O)c3ccc(Br)cc3)CC2)cc1C. The number of aryl methyl sites for hydroxylation is 2. The summed E-state index contributed by atoms with van der Waals surface area (Å²) in [6.07, 6.45) is 1.50. The molecule has 0 unspecified atom stereocenters. The lowest BCUT2D eigenvalue weighted by molar-refractivity contribution is -0.134. The predicted molar refractivity (Wildman–Crippen MR) is 113 cm³/mol. The number of carbonyl (C=O) groups excluding carboxylic acids is 2. The van der Waals surface area contributed by atoms with Gasteiger partial charge in [-0.25, -0.2) is 0 Å². The van der Waals surface area contributed by atoms with Crippen LogP contribution in [0.15, 0.2) is 46.9 Å². The second kappa shape index (κ2) is 9.24. The molecular weight excluding hydrogens is 420 g/mol. The van der Waals surface area contributed by atoms with Crippen molar-refractivity contribution < 1.29 is 14.3 Å². The molecule has 148 valence electrons. The highest BCUT2D eigenvalue weighted by Gasteiger charge is 2.24. The zero-order valence-electron chi connectivity index (χ0n) is 16.2. The van der Waals surface area contributed by atoms with E-state index in [1.54, 1.807) is 12.1 Å². The number of hydrogen-bond acceptors (Lipinski definition) is 3. The number of nitrogens with one attached hydrogen (secondary N) is 1. The highest BCUT2D eigenvalue weighted by molar-refractivity contribution is 9.10. The van der Waals surface area contributed by atoms with Crippen LogP contribution < -0.4 is 10.1 Å². The molecule has 0 bridgehead atoms. The quantitative estimate of drug-likeness (QED) is 0.761. The van der Waals surface area contributed by atoms with Gasteiger partial charge in [-0.15, -0.1) is 0 Å². The molecule has 0 radical (unpaired) electrons. The van der Waals surface area contributed by atoms with Gasteiger partial charge in [0, 0.05) is 29.2 Å². The van der Waals surface area contributed by atoms with Gasteiger partial charge in [-0.2, -0.15) is 0 Å². The van der Waals surface area contributed by atoms with E-state index >= 15 is 0 Å². The number of carbonyl (C=O) groups is 2. The molecule has 0 aliphatic carbocycles. The van der Waals surface area contributed by atoms with Crippen molar-refractivity contribution in [2.45, 2.75) is 32.7 Å². The molecular formula is C22H25BrN2O3. The maximum Gasteiger partial charge on any atom is 0.260 e. The molecule has 1 aliphatic rings. The Morgan fingerprint density at radius 1 is 1.07 bits per heavy atom. The van der Waals surface area contributed by atoms with Gasteiger partial charge in [-0.1, -0.05) is 22.0 Å². The number of ether oxygens (including phenoxy) is 1. The first-order valence-corrected chi connectivity index (χ1v) is 10.3. The van der Waals surface area contributed by atoms with E-state index in [9.17, 15) is 9.59 Å². The highest BCUT2D eigenvalue weighted by Crippen LogP contribution is 2.17. The van der Waals surface area contributed by atoms with Crippen molar-refractivity contribution in [3.63, 3.8) is 0 Å². The summed E-state index contributed by atoms with van der Waals surface area (Å²) in [6.45, 7) is 5.36. The van der Waals surface area contributed by atoms with Gasteiger partial charge in [0.1, 0.15) is 5.75 Å². The van der Waals surface area contributed by atoms with Crippen LogP contribution in [0.25, 0.3) is 0 Å². The molecule has 2 amide bonds. The lowest BCUT2D eigenvalue weighted by Gasteiger charge is -2.32. The number of halogens is 1. The first-order valence-electron chi connectivity index (χ1n) is 9.46. The minimum absolute atomic E-state index is 0.0177. The monoisotopic (exact) mass is 444 g/mol. The Labute approximate surface area is 174 Å². The number of rotatable bonds is 5. The van der Waals surface area contributed by atoms with Crippen LogP contribution in [0.2, 0.25) is 0 Å². The number of hydrogen-bond donors (Lipinski definition) is 1. The van der Waals surface area contributed by atoms with Gasteiger partial charge >= 0.3 is 0 Å². The molecule has 1 aliphatic heterocycles. The van der Waals surface area contributed by atoms with Crippen LogP contribution in [-0.2, 0) is 4.79 Å². The van der Waals surface area contributed by atoms with Crippen molar-refractivity contribution in [1.82, 2.24) is 10.2 Å². The second-order valence-corrected chi connectivity index (χ2v) is 8.09. The van der Waals surface area contributed by atoms with E-state index in [0.717, 1.165) is 22.9 Å². The van der Waals surface area contributed by atoms with Crippen LogP contribution in [0.5, 0.6) is 5.75 Å². The molecule has 1 N–H and O–H groups in total. The highest BCUT2D eigenvalue weighted by atomic mass is 79.9. The molecule has 0 atom stereocenters. The summed E-state index contributed by atoms with van der Waals surface area (Å²) in [4.78, 5) is 26.5. The molecule has 2 aromatic rings. The molecule has 28 heavy (non-hydrogen) atoms. The van der Waals surface area contributed by atoms with E-state index in [1.165, 1.54) is 5.56 Å². The molecule has 3 rings (SSSR count). The van der Waals surface area contributed by atoms with E-state index in [4.69, 9.17) is 4.74 Å². The number of likely N-dealkylation sites (tertiary alicyclic amines) is 1. The summed E-state index contributed by atoms with van der Waals surface area (Å²) in [5, 5.41) is 3.06. The van der Waals surface area contributed by atoms with Crippen molar-refractivity contribution >= 4 is 27.7 Å². The maximum atomic E-state index is 12.4. The Hall–Kier alpha value is -2.34. The van der Waals surface area contributed by atoms with Crippen molar-refractivity contribution in [2.24, 2.45) is 0 Å². The summed E-state index contributed by atoms with van der Waals surface area (Å²) in [5.41, 5.74) is 2.99. The van der Waals surface area contributed by atoms with Gasteiger partial charge in [0.15, 0.2) is 6.61 Å². The minimum atomic E-state index is -0.0737. The Morgan fingerprint density at radius 2 is 1.75 bits per heavy atom. The summed E-state index contributed by atoms with van der Waals surface area (Å²) >= 11 is 3.37. The predicted octanol–water partition coefficient (Wildman–Crippen LogP) is 3.87. The third kappa shape index (κ3) is 5.35. The summed E-state index contributed by atoms with van der Waals surface area (Å²) in [7, 11) is 0. The maximum absolute atomic E-state index is 12.4. The molecule has 5 nitrogen and oxygen atoms in total. The van der Waals surface area contributed by atoms with Crippen molar-refractivity contribution in [3.05, 3.63) is 63.6 Å². The standard InChI is InChI=1S/C22H25BrN2O3/c1-15-3-8-20(13-16(15)2)28-14-21(26)25-11-9-19(10-12-25)24-22(27)17-4-6-18(23)7-5-17/h3-8,13,19H,9-12,14H2,1-2H3,(H,24,27). The average molecular weight is 445 g/mol. The van der Waals surface area contributed by atoms with Crippen LogP contribution in [0.4, 0.5) is 0 Å². The average Bonchev–Trinajstić information content (AvgIpc) is 2.69. The smallest absolute Gasteiger partial charge is 0.260 e. The Balaban J connectivity index is 1.44. The van der Waals surface area contributed by atoms with E-state index < -0.39 is 0 Å². The van der Waals surface area contributed by atoms with Crippen LogP contribution in [0, 0.1) is 13.8 Å². The van der Waals surface area contributed by atoms with Crippen LogP contribution in [-0.4, -0.2) is 42.5 Å². The molecule has 0 saturated carbocycles. The fourth-order valence-electron chi connectivity index (χ4n) is 3.18. The van der Waals surface area contributed by atoms with Crippen LogP contribution in [0.1, 0.15) is 34.3 Å². The zero-order chi connectivity index (χ0) is 20.1. The lowest BCUT2D eigenvalue weighted by Crippen LogP contribution is -2.47. The first-order chi connectivity index (χ1) is 13.4. The van der Waals surface area contributed by atoms with E-state index in [1.807, 2.05) is 49.1 Å². The van der Waals surface area contributed by atoms with Gasteiger partial charge in [0.2, 0.25) is 0 Å². The Morgan fingerprint density at radius 3 is 2.39 bits per heavy atom. The normalized spacial score (nSPS) is 14.6. The van der Waals surface area contributed by atoms with Gasteiger partial charge in [0.25, 0.3) is 11.8 Å². The van der Waals surface area contributed by atoms with E-state index in [2.05, 4.69) is 21.2 Å². The van der Waals surface area contributed by atoms with Crippen molar-refractivity contribution in [3.8, 4) is 5.75 Å².